The minimum Gasteiger partial charge on any atom is -0.490 e. The van der Waals surface area contributed by atoms with E-state index < -0.39 is 6.04 Å². The normalized spacial score (nSPS) is 15.5. The van der Waals surface area contributed by atoms with Crippen LogP contribution >= 0.6 is 0 Å². The maximum atomic E-state index is 13.8. The molecule has 0 saturated carbocycles. The number of benzene rings is 3. The van der Waals surface area contributed by atoms with Crippen molar-refractivity contribution in [1.82, 2.24) is 0 Å². The van der Waals surface area contributed by atoms with Crippen molar-refractivity contribution in [3.63, 3.8) is 0 Å². The van der Waals surface area contributed by atoms with Crippen molar-refractivity contribution < 1.29 is 18.7 Å². The number of anilines is 1. The summed E-state index contributed by atoms with van der Waals surface area (Å²) in [6.07, 6.45) is 0.255. The van der Waals surface area contributed by atoms with E-state index in [1.165, 1.54) is 17.7 Å². The molecular weight excluding hydrogens is 417 g/mol. The summed E-state index contributed by atoms with van der Waals surface area (Å²) >= 11 is 0. The Morgan fingerprint density at radius 1 is 0.939 bits per heavy atom. The van der Waals surface area contributed by atoms with E-state index in [2.05, 4.69) is 26.0 Å². The number of halogens is 1. The third-order valence-electron chi connectivity index (χ3n) is 5.99. The molecule has 0 spiro atoms. The molecule has 0 fully saturated rings. The molecule has 1 heterocycles. The van der Waals surface area contributed by atoms with Gasteiger partial charge in [-0.05, 0) is 78.4 Å². The van der Waals surface area contributed by atoms with Crippen LogP contribution in [-0.2, 0) is 11.2 Å². The van der Waals surface area contributed by atoms with Gasteiger partial charge in [-0.15, -0.1) is 0 Å². The van der Waals surface area contributed by atoms with Crippen molar-refractivity contribution in [2.24, 2.45) is 0 Å². The molecule has 172 valence electrons. The van der Waals surface area contributed by atoms with Gasteiger partial charge in [-0.2, -0.15) is 0 Å². The third-order valence-corrected chi connectivity index (χ3v) is 5.99. The summed E-state index contributed by atoms with van der Waals surface area (Å²) < 4.78 is 25.4. The molecule has 33 heavy (non-hydrogen) atoms. The highest BCUT2D eigenvalue weighted by molar-refractivity contribution is 5.98. The minimum absolute atomic E-state index is 0.0132. The van der Waals surface area contributed by atoms with Crippen molar-refractivity contribution in [1.29, 1.82) is 0 Å². The molecule has 1 atom stereocenters. The maximum Gasteiger partial charge on any atom is 0.232 e. The lowest BCUT2D eigenvalue weighted by molar-refractivity contribution is -0.118. The molecule has 1 amide bonds. The average molecular weight is 448 g/mol. The Hall–Kier alpha value is -3.34. The fraction of sp³-hybridized carbons (Fsp3) is 0.321. The van der Waals surface area contributed by atoms with Crippen molar-refractivity contribution in [3.05, 3.63) is 88.7 Å². The SMILES string of the molecule is CCOc1cc2c(cc1OCC)[C@@H](c1ccc(F)cc1)N(c1ccc(C(C)C)cc1)C(=O)C2. The smallest absolute Gasteiger partial charge is 0.232 e. The van der Waals surface area contributed by atoms with Gasteiger partial charge < -0.3 is 14.4 Å². The molecule has 1 aliphatic heterocycles. The summed E-state index contributed by atoms with van der Waals surface area (Å²) in [4.78, 5) is 15.3. The number of carbonyl (C=O) groups is 1. The van der Waals surface area contributed by atoms with E-state index >= 15 is 0 Å². The van der Waals surface area contributed by atoms with Crippen molar-refractivity contribution in [3.8, 4) is 11.5 Å². The van der Waals surface area contributed by atoms with Crippen molar-refractivity contribution in [2.75, 3.05) is 18.1 Å². The van der Waals surface area contributed by atoms with Gasteiger partial charge in [0.2, 0.25) is 5.91 Å². The molecule has 0 aromatic heterocycles. The maximum absolute atomic E-state index is 13.8. The number of hydrogen-bond donors (Lipinski definition) is 0. The quantitative estimate of drug-likeness (QED) is 0.419. The molecule has 0 radical (unpaired) electrons. The monoisotopic (exact) mass is 447 g/mol. The second-order valence-electron chi connectivity index (χ2n) is 8.50. The van der Waals surface area contributed by atoms with Crippen LogP contribution in [0, 0.1) is 5.82 Å². The Kier molecular flexibility index (Phi) is 6.68. The zero-order valence-corrected chi connectivity index (χ0v) is 19.6. The number of fused-ring (bicyclic) bond motifs is 1. The first-order valence-electron chi connectivity index (χ1n) is 11.5. The Balaban J connectivity index is 1.88. The van der Waals surface area contributed by atoms with Gasteiger partial charge in [0, 0.05) is 5.69 Å². The molecular formula is C28H30FNO3. The molecule has 4 nitrogen and oxygen atoms in total. The van der Waals surface area contributed by atoms with Crippen LogP contribution in [0.5, 0.6) is 11.5 Å². The van der Waals surface area contributed by atoms with E-state index in [4.69, 9.17) is 9.47 Å². The molecule has 5 heteroatoms. The lowest BCUT2D eigenvalue weighted by atomic mass is 9.86. The zero-order valence-electron chi connectivity index (χ0n) is 19.6. The number of amides is 1. The third kappa shape index (κ3) is 4.58. The fourth-order valence-corrected chi connectivity index (χ4v) is 4.38. The van der Waals surface area contributed by atoms with Gasteiger partial charge in [0.15, 0.2) is 11.5 Å². The predicted molar refractivity (Wildman–Crippen MR) is 129 cm³/mol. The van der Waals surface area contributed by atoms with E-state index in [9.17, 15) is 9.18 Å². The number of carbonyl (C=O) groups excluding carboxylic acids is 1. The molecule has 3 aromatic rings. The lowest BCUT2D eigenvalue weighted by Crippen LogP contribution is -2.41. The molecule has 0 aliphatic carbocycles. The predicted octanol–water partition coefficient (Wildman–Crippen LogP) is 6.43. The summed E-state index contributed by atoms with van der Waals surface area (Å²) in [5.41, 5.74) is 4.72. The van der Waals surface area contributed by atoms with Gasteiger partial charge >= 0.3 is 0 Å². The minimum atomic E-state index is -0.401. The van der Waals surface area contributed by atoms with Gasteiger partial charge in [-0.1, -0.05) is 38.1 Å². The topological polar surface area (TPSA) is 38.8 Å². The second kappa shape index (κ2) is 9.65. The van der Waals surface area contributed by atoms with Crippen LogP contribution in [0.15, 0.2) is 60.7 Å². The van der Waals surface area contributed by atoms with Crippen LogP contribution in [-0.4, -0.2) is 19.1 Å². The van der Waals surface area contributed by atoms with Crippen LogP contribution in [0.25, 0.3) is 0 Å². The van der Waals surface area contributed by atoms with Gasteiger partial charge in [0.1, 0.15) is 5.82 Å². The summed E-state index contributed by atoms with van der Waals surface area (Å²) in [6.45, 7) is 9.14. The summed E-state index contributed by atoms with van der Waals surface area (Å²) in [6, 6.07) is 18.0. The lowest BCUT2D eigenvalue weighted by Gasteiger charge is -2.38. The van der Waals surface area contributed by atoms with E-state index in [1.807, 2.05) is 43.0 Å². The van der Waals surface area contributed by atoms with Gasteiger partial charge in [-0.3, -0.25) is 4.79 Å². The van der Waals surface area contributed by atoms with Crippen LogP contribution in [0.3, 0.4) is 0 Å². The molecule has 0 unspecified atom stereocenters. The first-order chi connectivity index (χ1) is 15.9. The largest absolute Gasteiger partial charge is 0.490 e. The Labute approximate surface area is 195 Å². The molecule has 4 rings (SSSR count). The number of rotatable bonds is 7. The van der Waals surface area contributed by atoms with E-state index in [0.29, 0.717) is 30.6 Å². The standard InChI is InChI=1S/C28H30FNO3/c1-5-32-25-15-21-16-27(31)30(23-13-9-19(10-14-23)18(3)4)28(20-7-11-22(29)12-8-20)24(21)17-26(25)33-6-2/h7-15,17-18,28H,5-6,16H2,1-4H3/t28-/m1/s1. The average Bonchev–Trinajstić information content (AvgIpc) is 2.80. The van der Waals surface area contributed by atoms with Crippen LogP contribution in [0.1, 0.15) is 61.9 Å². The van der Waals surface area contributed by atoms with E-state index in [1.54, 1.807) is 12.1 Å². The molecule has 0 bridgehead atoms. The zero-order chi connectivity index (χ0) is 23.5. The first kappa shape index (κ1) is 22.8. The molecule has 0 saturated heterocycles. The highest BCUT2D eigenvalue weighted by atomic mass is 19.1. The summed E-state index contributed by atoms with van der Waals surface area (Å²) in [7, 11) is 0. The van der Waals surface area contributed by atoms with Crippen LogP contribution in [0.4, 0.5) is 10.1 Å². The molecule has 1 aliphatic rings. The van der Waals surface area contributed by atoms with Gasteiger partial charge in [0.05, 0.1) is 25.7 Å². The second-order valence-corrected chi connectivity index (χ2v) is 8.50. The Morgan fingerprint density at radius 3 is 2.12 bits per heavy atom. The van der Waals surface area contributed by atoms with Gasteiger partial charge in [-0.25, -0.2) is 4.39 Å². The van der Waals surface area contributed by atoms with Crippen molar-refractivity contribution >= 4 is 11.6 Å². The summed E-state index contributed by atoms with van der Waals surface area (Å²) in [5.74, 6) is 1.36. The first-order valence-corrected chi connectivity index (χ1v) is 11.5. The van der Waals surface area contributed by atoms with Crippen LogP contribution in [0.2, 0.25) is 0 Å². The van der Waals surface area contributed by atoms with Crippen molar-refractivity contribution in [2.45, 2.75) is 46.1 Å². The number of nitrogens with zero attached hydrogens (tertiary/aromatic N) is 1. The number of hydrogen-bond acceptors (Lipinski definition) is 3. The highest BCUT2D eigenvalue weighted by Gasteiger charge is 2.36. The highest BCUT2D eigenvalue weighted by Crippen LogP contribution is 2.43. The molecule has 3 aromatic carbocycles. The van der Waals surface area contributed by atoms with Crippen LogP contribution < -0.4 is 14.4 Å². The van der Waals surface area contributed by atoms with E-state index in [0.717, 1.165) is 22.4 Å². The number of ether oxygens (including phenoxy) is 2. The Morgan fingerprint density at radius 2 is 1.55 bits per heavy atom. The molecule has 0 N–H and O–H groups in total. The Bertz CT molecular complexity index is 1120. The summed E-state index contributed by atoms with van der Waals surface area (Å²) in [5, 5.41) is 0. The van der Waals surface area contributed by atoms with Gasteiger partial charge in [0.25, 0.3) is 0 Å². The fourth-order valence-electron chi connectivity index (χ4n) is 4.38. The van der Waals surface area contributed by atoms with E-state index in [-0.39, 0.29) is 18.1 Å².